The van der Waals surface area contributed by atoms with Gasteiger partial charge in [-0.25, -0.2) is 0 Å². The van der Waals surface area contributed by atoms with E-state index in [0.29, 0.717) is 23.6 Å². The molecule has 1 aromatic carbocycles. The first-order chi connectivity index (χ1) is 8.04. The Balaban J connectivity index is 2.74. The lowest BCUT2D eigenvalue weighted by Crippen LogP contribution is -2.16. The van der Waals surface area contributed by atoms with Crippen LogP contribution in [-0.4, -0.2) is 11.7 Å². The summed E-state index contributed by atoms with van der Waals surface area (Å²) in [7, 11) is 0. The molecule has 0 aliphatic rings. The normalized spacial score (nSPS) is 11.9. The summed E-state index contributed by atoms with van der Waals surface area (Å²) in [6.45, 7) is 5.59. The van der Waals surface area contributed by atoms with E-state index < -0.39 is 0 Å². The van der Waals surface area contributed by atoms with E-state index in [1.54, 1.807) is 18.2 Å². The van der Waals surface area contributed by atoms with Crippen molar-refractivity contribution in [3.8, 4) is 0 Å². The van der Waals surface area contributed by atoms with Crippen LogP contribution in [-0.2, 0) is 4.79 Å². The molecule has 0 aromatic heterocycles. The van der Waals surface area contributed by atoms with E-state index >= 15 is 0 Å². The van der Waals surface area contributed by atoms with Crippen LogP contribution in [0.3, 0.4) is 0 Å². The van der Waals surface area contributed by atoms with Crippen molar-refractivity contribution in [1.82, 2.24) is 0 Å². The summed E-state index contributed by atoms with van der Waals surface area (Å²) in [6, 6.07) is 7.08. The lowest BCUT2D eigenvalue weighted by atomic mass is 10.0. The molecule has 0 heterocycles. The number of anilines is 1. The Morgan fingerprint density at radius 3 is 2.53 bits per heavy atom. The van der Waals surface area contributed by atoms with Crippen LogP contribution in [0, 0.1) is 5.92 Å². The van der Waals surface area contributed by atoms with Crippen LogP contribution in [0.1, 0.15) is 44.0 Å². The fourth-order valence-corrected chi connectivity index (χ4v) is 1.56. The summed E-state index contributed by atoms with van der Waals surface area (Å²) in [5, 5.41) is 2.80. The molecule has 1 rings (SSSR count). The van der Waals surface area contributed by atoms with Crippen LogP contribution in [0.15, 0.2) is 24.3 Å². The third kappa shape index (κ3) is 4.02. The van der Waals surface area contributed by atoms with Crippen molar-refractivity contribution in [1.29, 1.82) is 0 Å². The van der Waals surface area contributed by atoms with Crippen molar-refractivity contribution in [3.05, 3.63) is 29.8 Å². The minimum absolute atomic E-state index is 0.0342. The Morgan fingerprint density at radius 2 is 1.94 bits per heavy atom. The number of ketones is 1. The SMILES string of the molecule is CCC(C)CC(=O)Nc1ccccc1C(C)=O. The summed E-state index contributed by atoms with van der Waals surface area (Å²) in [4.78, 5) is 23.1. The van der Waals surface area contributed by atoms with Gasteiger partial charge >= 0.3 is 0 Å². The van der Waals surface area contributed by atoms with Gasteiger partial charge < -0.3 is 5.32 Å². The van der Waals surface area contributed by atoms with Gasteiger partial charge in [-0.2, -0.15) is 0 Å². The quantitative estimate of drug-likeness (QED) is 0.793. The van der Waals surface area contributed by atoms with E-state index in [9.17, 15) is 9.59 Å². The third-order valence-electron chi connectivity index (χ3n) is 2.81. The second-order valence-electron chi connectivity index (χ2n) is 4.37. The lowest BCUT2D eigenvalue weighted by Gasteiger charge is -2.11. The fraction of sp³-hybridized carbons (Fsp3) is 0.429. The van der Waals surface area contributed by atoms with Crippen LogP contribution >= 0.6 is 0 Å². The molecule has 92 valence electrons. The monoisotopic (exact) mass is 233 g/mol. The first kappa shape index (κ1) is 13.4. The Hall–Kier alpha value is -1.64. The summed E-state index contributed by atoms with van der Waals surface area (Å²) < 4.78 is 0. The van der Waals surface area contributed by atoms with Gasteiger partial charge in [-0.1, -0.05) is 32.4 Å². The minimum Gasteiger partial charge on any atom is -0.325 e. The molecule has 0 aliphatic carbocycles. The largest absolute Gasteiger partial charge is 0.325 e. The summed E-state index contributed by atoms with van der Waals surface area (Å²) in [6.07, 6.45) is 1.46. The highest BCUT2D eigenvalue weighted by molar-refractivity contribution is 6.03. The first-order valence-electron chi connectivity index (χ1n) is 5.94. The molecular weight excluding hydrogens is 214 g/mol. The number of benzene rings is 1. The average Bonchev–Trinajstić information content (AvgIpc) is 2.29. The topological polar surface area (TPSA) is 46.2 Å². The van der Waals surface area contributed by atoms with E-state index in [2.05, 4.69) is 12.2 Å². The van der Waals surface area contributed by atoms with Gasteiger partial charge in [0.25, 0.3) is 0 Å². The second-order valence-corrected chi connectivity index (χ2v) is 4.37. The van der Waals surface area contributed by atoms with Crippen LogP contribution < -0.4 is 5.32 Å². The Bertz CT molecular complexity index is 412. The van der Waals surface area contributed by atoms with E-state index in [1.807, 2.05) is 13.0 Å². The van der Waals surface area contributed by atoms with Gasteiger partial charge in [-0.3, -0.25) is 9.59 Å². The van der Waals surface area contributed by atoms with Crippen molar-refractivity contribution in [3.63, 3.8) is 0 Å². The third-order valence-corrected chi connectivity index (χ3v) is 2.81. The predicted molar refractivity (Wildman–Crippen MR) is 69.1 cm³/mol. The molecule has 1 unspecified atom stereocenters. The number of carbonyl (C=O) groups excluding carboxylic acids is 2. The van der Waals surface area contributed by atoms with Gasteiger partial charge in [-0.15, -0.1) is 0 Å². The highest BCUT2D eigenvalue weighted by Gasteiger charge is 2.11. The zero-order valence-electron chi connectivity index (χ0n) is 10.6. The smallest absolute Gasteiger partial charge is 0.224 e. The van der Waals surface area contributed by atoms with Gasteiger partial charge in [0.15, 0.2) is 5.78 Å². The zero-order valence-corrected chi connectivity index (χ0v) is 10.6. The van der Waals surface area contributed by atoms with E-state index in [1.165, 1.54) is 6.92 Å². The minimum atomic E-state index is -0.0376. The molecular formula is C14H19NO2. The van der Waals surface area contributed by atoms with Gasteiger partial charge in [0, 0.05) is 12.0 Å². The van der Waals surface area contributed by atoms with Crippen molar-refractivity contribution in [2.75, 3.05) is 5.32 Å². The van der Waals surface area contributed by atoms with Gasteiger partial charge in [0.1, 0.15) is 0 Å². The van der Waals surface area contributed by atoms with E-state index in [4.69, 9.17) is 0 Å². The van der Waals surface area contributed by atoms with Crippen molar-refractivity contribution in [2.24, 2.45) is 5.92 Å². The number of hydrogen-bond donors (Lipinski definition) is 1. The Kier molecular flexibility index (Phi) is 4.88. The Labute approximate surface area is 102 Å². The fourth-order valence-electron chi connectivity index (χ4n) is 1.56. The molecule has 1 N–H and O–H groups in total. The molecule has 0 saturated carbocycles. The van der Waals surface area contributed by atoms with Gasteiger partial charge in [0.2, 0.25) is 5.91 Å². The molecule has 0 saturated heterocycles. The number of nitrogens with one attached hydrogen (secondary N) is 1. The maximum atomic E-state index is 11.7. The number of hydrogen-bond acceptors (Lipinski definition) is 2. The molecule has 0 aliphatic heterocycles. The van der Waals surface area contributed by atoms with Crippen LogP contribution in [0.2, 0.25) is 0 Å². The molecule has 0 fully saturated rings. The molecule has 0 spiro atoms. The predicted octanol–water partition coefficient (Wildman–Crippen LogP) is 3.26. The first-order valence-corrected chi connectivity index (χ1v) is 5.94. The average molecular weight is 233 g/mol. The molecule has 0 bridgehead atoms. The van der Waals surface area contributed by atoms with Crippen LogP contribution in [0.5, 0.6) is 0 Å². The highest BCUT2D eigenvalue weighted by Crippen LogP contribution is 2.17. The molecule has 3 heteroatoms. The van der Waals surface area contributed by atoms with E-state index in [0.717, 1.165) is 6.42 Å². The van der Waals surface area contributed by atoms with E-state index in [-0.39, 0.29) is 11.7 Å². The van der Waals surface area contributed by atoms with Crippen LogP contribution in [0.25, 0.3) is 0 Å². The number of amides is 1. The molecule has 17 heavy (non-hydrogen) atoms. The van der Waals surface area contributed by atoms with Gasteiger partial charge in [0.05, 0.1) is 5.69 Å². The zero-order chi connectivity index (χ0) is 12.8. The second kappa shape index (κ2) is 6.18. The summed E-state index contributed by atoms with van der Waals surface area (Å²) in [5.41, 5.74) is 1.17. The molecule has 3 nitrogen and oxygen atoms in total. The molecule has 1 amide bonds. The van der Waals surface area contributed by atoms with Gasteiger partial charge in [-0.05, 0) is 25.0 Å². The summed E-state index contributed by atoms with van der Waals surface area (Å²) >= 11 is 0. The molecule has 0 radical (unpaired) electrons. The maximum absolute atomic E-state index is 11.7. The maximum Gasteiger partial charge on any atom is 0.224 e. The number of carbonyl (C=O) groups is 2. The Morgan fingerprint density at radius 1 is 1.29 bits per heavy atom. The van der Waals surface area contributed by atoms with Crippen molar-refractivity contribution in [2.45, 2.75) is 33.6 Å². The van der Waals surface area contributed by atoms with Crippen molar-refractivity contribution < 1.29 is 9.59 Å². The highest BCUT2D eigenvalue weighted by atomic mass is 16.1. The number of rotatable bonds is 5. The lowest BCUT2D eigenvalue weighted by molar-refractivity contribution is -0.117. The van der Waals surface area contributed by atoms with Crippen LogP contribution in [0.4, 0.5) is 5.69 Å². The van der Waals surface area contributed by atoms with Crippen molar-refractivity contribution >= 4 is 17.4 Å². The number of para-hydroxylation sites is 1. The molecule has 1 atom stereocenters. The summed E-state index contributed by atoms with van der Waals surface area (Å²) in [5.74, 6) is 0.289. The number of Topliss-reactive ketones (excluding diaryl/α,β-unsaturated/α-hetero) is 1. The standard InChI is InChI=1S/C14H19NO2/c1-4-10(2)9-14(17)15-13-8-6-5-7-12(13)11(3)16/h5-8,10H,4,9H2,1-3H3,(H,15,17). The molecule has 1 aromatic rings.